The average Bonchev–Trinajstić information content (AvgIpc) is 3.23. The van der Waals surface area contributed by atoms with Gasteiger partial charge in [0.15, 0.2) is 0 Å². The van der Waals surface area contributed by atoms with E-state index in [0.29, 0.717) is 38.4 Å². The first kappa shape index (κ1) is 17.3. The number of furan rings is 1. The highest BCUT2D eigenvalue weighted by Gasteiger charge is 2.33. The molecule has 0 radical (unpaired) electrons. The Morgan fingerprint density at radius 1 is 1.48 bits per heavy atom. The van der Waals surface area contributed by atoms with Crippen molar-refractivity contribution in [3.63, 3.8) is 0 Å². The summed E-state index contributed by atoms with van der Waals surface area (Å²) in [4.78, 5) is 23.8. The summed E-state index contributed by atoms with van der Waals surface area (Å²) in [5, 5.41) is 2.80. The highest BCUT2D eigenvalue weighted by atomic mass is 19.1. The van der Waals surface area contributed by atoms with Gasteiger partial charge in [-0.15, -0.1) is 0 Å². The summed E-state index contributed by atoms with van der Waals surface area (Å²) < 4.78 is 19.1. The number of amides is 2. The number of urea groups is 1. The summed E-state index contributed by atoms with van der Waals surface area (Å²) >= 11 is 0. The van der Waals surface area contributed by atoms with Crippen LogP contribution in [0.25, 0.3) is 0 Å². The second-order valence-corrected chi connectivity index (χ2v) is 6.28. The Labute approximate surface area is 145 Å². The molecule has 7 nitrogen and oxygen atoms in total. The Morgan fingerprint density at radius 2 is 2.28 bits per heavy atom. The molecular weight excluding hydrogens is 325 g/mol. The predicted octanol–water partition coefficient (Wildman–Crippen LogP) is 1.82. The number of hydrogen-bond acceptors (Lipinski definition) is 5. The molecule has 0 spiro atoms. The lowest BCUT2D eigenvalue weighted by Crippen LogP contribution is -2.44. The molecule has 1 N–H and O–H groups in total. The summed E-state index contributed by atoms with van der Waals surface area (Å²) in [5.41, 5.74) is 0.937. The van der Waals surface area contributed by atoms with E-state index in [9.17, 15) is 9.18 Å². The van der Waals surface area contributed by atoms with Crippen LogP contribution in [-0.2, 0) is 13.1 Å². The molecule has 3 rings (SSSR count). The minimum absolute atomic E-state index is 0.0328. The van der Waals surface area contributed by atoms with Crippen molar-refractivity contribution in [2.45, 2.75) is 31.7 Å². The summed E-state index contributed by atoms with van der Waals surface area (Å²) in [6, 6.07) is 3.33. The SMILES string of the molecule is CN(C[C@@H]1C[C@H](F)CN1Cc1cncnc1)C(=O)NCc1ccco1. The summed E-state index contributed by atoms with van der Waals surface area (Å²) in [5.74, 6) is 0.692. The van der Waals surface area contributed by atoms with Crippen LogP contribution < -0.4 is 5.32 Å². The van der Waals surface area contributed by atoms with Crippen molar-refractivity contribution >= 4 is 6.03 Å². The third-order valence-corrected chi connectivity index (χ3v) is 4.30. The number of alkyl halides is 1. The van der Waals surface area contributed by atoms with Gasteiger partial charge in [-0.05, 0) is 18.6 Å². The van der Waals surface area contributed by atoms with Crippen LogP contribution in [0.4, 0.5) is 9.18 Å². The summed E-state index contributed by atoms with van der Waals surface area (Å²) in [6.45, 7) is 1.73. The second-order valence-electron chi connectivity index (χ2n) is 6.28. The fourth-order valence-electron chi connectivity index (χ4n) is 3.06. The molecular formula is C17H22FN5O2. The van der Waals surface area contributed by atoms with E-state index in [1.165, 1.54) is 6.33 Å². The maximum atomic E-state index is 13.9. The zero-order valence-corrected chi connectivity index (χ0v) is 14.1. The van der Waals surface area contributed by atoms with Gasteiger partial charge in [0.2, 0.25) is 0 Å². The van der Waals surface area contributed by atoms with Crippen molar-refractivity contribution in [3.8, 4) is 0 Å². The fourth-order valence-corrected chi connectivity index (χ4v) is 3.06. The van der Waals surface area contributed by atoms with Crippen molar-refractivity contribution in [1.29, 1.82) is 0 Å². The first-order chi connectivity index (χ1) is 12.1. The Bertz CT molecular complexity index is 667. The minimum Gasteiger partial charge on any atom is -0.467 e. The predicted molar refractivity (Wildman–Crippen MR) is 89.3 cm³/mol. The molecule has 3 heterocycles. The Balaban J connectivity index is 1.53. The number of likely N-dealkylation sites (N-methyl/N-ethyl adjacent to an activating group) is 1. The van der Waals surface area contributed by atoms with Crippen LogP contribution in [0.2, 0.25) is 0 Å². The van der Waals surface area contributed by atoms with Crippen LogP contribution in [0.5, 0.6) is 0 Å². The quantitative estimate of drug-likeness (QED) is 0.863. The third kappa shape index (κ3) is 4.76. The number of hydrogen-bond donors (Lipinski definition) is 1. The highest BCUT2D eigenvalue weighted by molar-refractivity contribution is 5.73. The lowest BCUT2D eigenvalue weighted by molar-refractivity contribution is 0.173. The topological polar surface area (TPSA) is 74.5 Å². The molecule has 8 heteroatoms. The molecule has 1 saturated heterocycles. The third-order valence-electron chi connectivity index (χ3n) is 4.30. The molecule has 1 aliphatic heterocycles. The molecule has 0 aliphatic carbocycles. The van der Waals surface area contributed by atoms with E-state index in [4.69, 9.17) is 4.42 Å². The van der Waals surface area contributed by atoms with Crippen LogP contribution in [-0.4, -0.2) is 58.1 Å². The number of nitrogens with zero attached hydrogens (tertiary/aromatic N) is 4. The summed E-state index contributed by atoms with van der Waals surface area (Å²) in [6.07, 6.45) is 6.04. The lowest BCUT2D eigenvalue weighted by atomic mass is 10.2. The maximum Gasteiger partial charge on any atom is 0.317 e. The van der Waals surface area contributed by atoms with E-state index < -0.39 is 6.17 Å². The molecule has 2 amide bonds. The number of carbonyl (C=O) groups is 1. The molecule has 0 bridgehead atoms. The summed E-state index contributed by atoms with van der Waals surface area (Å²) in [7, 11) is 1.72. The van der Waals surface area contributed by atoms with Gasteiger partial charge < -0.3 is 14.6 Å². The van der Waals surface area contributed by atoms with E-state index in [1.807, 2.05) is 4.90 Å². The first-order valence-corrected chi connectivity index (χ1v) is 8.25. The number of carbonyl (C=O) groups excluding carboxylic acids is 1. The molecule has 2 aromatic rings. The van der Waals surface area contributed by atoms with Crippen molar-refractivity contribution in [2.24, 2.45) is 0 Å². The molecule has 1 aliphatic rings. The van der Waals surface area contributed by atoms with E-state index in [0.717, 1.165) is 5.56 Å². The van der Waals surface area contributed by atoms with E-state index in [1.54, 1.807) is 42.7 Å². The van der Waals surface area contributed by atoms with Crippen LogP contribution in [0, 0.1) is 0 Å². The number of rotatable bonds is 6. The van der Waals surface area contributed by atoms with E-state index >= 15 is 0 Å². The number of halogens is 1. The van der Waals surface area contributed by atoms with Gasteiger partial charge in [0.05, 0.1) is 12.8 Å². The zero-order valence-electron chi connectivity index (χ0n) is 14.1. The Kier molecular flexibility index (Phi) is 5.60. The molecule has 134 valence electrons. The second kappa shape index (κ2) is 8.06. The van der Waals surface area contributed by atoms with Crippen molar-refractivity contribution in [1.82, 2.24) is 25.1 Å². The van der Waals surface area contributed by atoms with Crippen LogP contribution in [0.3, 0.4) is 0 Å². The number of aromatic nitrogens is 2. The van der Waals surface area contributed by atoms with Gasteiger partial charge >= 0.3 is 6.03 Å². The van der Waals surface area contributed by atoms with Gasteiger partial charge in [-0.1, -0.05) is 0 Å². The van der Waals surface area contributed by atoms with Crippen LogP contribution in [0.15, 0.2) is 41.5 Å². The number of nitrogens with one attached hydrogen (secondary N) is 1. The highest BCUT2D eigenvalue weighted by Crippen LogP contribution is 2.23. The van der Waals surface area contributed by atoms with Crippen molar-refractivity contribution in [3.05, 3.63) is 48.4 Å². The molecule has 0 unspecified atom stereocenters. The smallest absolute Gasteiger partial charge is 0.317 e. The average molecular weight is 347 g/mol. The Morgan fingerprint density at radius 3 is 3.00 bits per heavy atom. The zero-order chi connectivity index (χ0) is 17.6. The Hall–Kier alpha value is -2.48. The molecule has 25 heavy (non-hydrogen) atoms. The molecule has 1 fully saturated rings. The van der Waals surface area contributed by atoms with Gasteiger partial charge in [-0.3, -0.25) is 4.90 Å². The standard InChI is InChI=1S/C17H22FN5O2/c1-22(17(24)21-8-16-3-2-4-25-16)11-15-5-14(18)10-23(15)9-13-6-19-12-20-7-13/h2-4,6-7,12,14-15H,5,8-11H2,1H3,(H,21,24)/t14-,15-/m0/s1. The number of likely N-dealkylation sites (tertiary alicyclic amines) is 1. The fraction of sp³-hybridized carbons (Fsp3) is 0.471. The molecule has 0 saturated carbocycles. The normalized spacial score (nSPS) is 20.6. The van der Waals surface area contributed by atoms with Gasteiger partial charge in [-0.25, -0.2) is 19.2 Å². The lowest BCUT2D eigenvalue weighted by Gasteiger charge is -2.28. The largest absolute Gasteiger partial charge is 0.467 e. The molecule has 2 aromatic heterocycles. The first-order valence-electron chi connectivity index (χ1n) is 8.25. The monoisotopic (exact) mass is 347 g/mol. The molecule has 0 aromatic carbocycles. The van der Waals surface area contributed by atoms with Gasteiger partial charge in [0.25, 0.3) is 0 Å². The van der Waals surface area contributed by atoms with Gasteiger partial charge in [0.1, 0.15) is 18.3 Å². The van der Waals surface area contributed by atoms with Gasteiger partial charge in [-0.2, -0.15) is 0 Å². The van der Waals surface area contributed by atoms with E-state index in [2.05, 4.69) is 15.3 Å². The van der Waals surface area contributed by atoms with Crippen molar-refractivity contribution in [2.75, 3.05) is 20.1 Å². The van der Waals surface area contributed by atoms with Gasteiger partial charge in [0, 0.05) is 50.7 Å². The van der Waals surface area contributed by atoms with Crippen LogP contribution in [0.1, 0.15) is 17.7 Å². The van der Waals surface area contributed by atoms with Crippen molar-refractivity contribution < 1.29 is 13.6 Å². The maximum absolute atomic E-state index is 13.9. The van der Waals surface area contributed by atoms with E-state index in [-0.39, 0.29) is 12.1 Å². The van der Waals surface area contributed by atoms with Crippen LogP contribution >= 0.6 is 0 Å². The molecule has 2 atom stereocenters. The minimum atomic E-state index is -0.880.